The van der Waals surface area contributed by atoms with Crippen LogP contribution in [-0.4, -0.2) is 35.1 Å². The maximum atomic E-state index is 13.1. The molecule has 1 aliphatic heterocycles. The van der Waals surface area contributed by atoms with E-state index in [0.29, 0.717) is 24.2 Å². The monoisotopic (exact) mass is 266 g/mol. The van der Waals surface area contributed by atoms with Crippen molar-refractivity contribution in [2.24, 2.45) is 5.92 Å². The third-order valence-corrected chi connectivity index (χ3v) is 3.23. The number of benzene rings is 1. The number of amides is 2. The van der Waals surface area contributed by atoms with Gasteiger partial charge in [-0.3, -0.25) is 4.79 Å². The summed E-state index contributed by atoms with van der Waals surface area (Å²) < 4.78 is 13.1. The van der Waals surface area contributed by atoms with Crippen LogP contribution in [0.2, 0.25) is 0 Å². The van der Waals surface area contributed by atoms with Gasteiger partial charge in [0, 0.05) is 18.8 Å². The van der Waals surface area contributed by atoms with Gasteiger partial charge in [0.25, 0.3) is 0 Å². The van der Waals surface area contributed by atoms with Gasteiger partial charge in [0.1, 0.15) is 5.82 Å². The average molecular weight is 266 g/mol. The number of nitrogens with one attached hydrogen (secondary N) is 1. The van der Waals surface area contributed by atoms with Crippen LogP contribution in [-0.2, 0) is 4.79 Å². The van der Waals surface area contributed by atoms with Crippen molar-refractivity contribution in [3.05, 3.63) is 29.6 Å². The summed E-state index contributed by atoms with van der Waals surface area (Å²) in [5.74, 6) is -1.71. The summed E-state index contributed by atoms with van der Waals surface area (Å²) in [5, 5.41) is 11.5. The number of carbonyl (C=O) groups excluding carboxylic acids is 1. The van der Waals surface area contributed by atoms with Crippen LogP contribution in [0.25, 0.3) is 0 Å². The lowest BCUT2D eigenvalue weighted by atomic mass is 10.1. The number of urea groups is 1. The van der Waals surface area contributed by atoms with Crippen LogP contribution in [0.5, 0.6) is 0 Å². The van der Waals surface area contributed by atoms with Crippen LogP contribution in [0, 0.1) is 18.7 Å². The first kappa shape index (κ1) is 13.3. The number of carboxylic acid groups (broad SMARTS) is 1. The molecule has 0 spiro atoms. The number of carboxylic acids is 1. The Morgan fingerprint density at radius 1 is 1.47 bits per heavy atom. The number of nitrogens with zero attached hydrogens (tertiary/aromatic N) is 1. The first-order valence-corrected chi connectivity index (χ1v) is 6.02. The van der Waals surface area contributed by atoms with Gasteiger partial charge in [0.05, 0.1) is 5.92 Å². The molecule has 1 unspecified atom stereocenters. The third kappa shape index (κ3) is 3.01. The fraction of sp³-hybridized carbons (Fsp3) is 0.385. The highest BCUT2D eigenvalue weighted by molar-refractivity contribution is 5.90. The first-order chi connectivity index (χ1) is 8.97. The number of rotatable bonds is 2. The van der Waals surface area contributed by atoms with E-state index < -0.39 is 11.9 Å². The van der Waals surface area contributed by atoms with E-state index >= 15 is 0 Å². The predicted molar refractivity (Wildman–Crippen MR) is 67.5 cm³/mol. The zero-order valence-electron chi connectivity index (χ0n) is 10.5. The van der Waals surface area contributed by atoms with Gasteiger partial charge >= 0.3 is 12.0 Å². The average Bonchev–Trinajstić information content (AvgIpc) is 2.83. The molecule has 102 valence electrons. The first-order valence-electron chi connectivity index (χ1n) is 6.02. The Bertz CT molecular complexity index is 519. The normalized spacial score (nSPS) is 18.4. The standard InChI is InChI=1S/C13H15FN2O3/c1-8-6-10(2-3-11(8)14)15-13(19)16-5-4-9(7-16)12(17)18/h2-3,6,9H,4-5,7H2,1H3,(H,15,19)(H,17,18). The number of hydrogen-bond acceptors (Lipinski definition) is 2. The van der Waals surface area contributed by atoms with E-state index in [-0.39, 0.29) is 18.4 Å². The van der Waals surface area contributed by atoms with E-state index in [1.807, 2.05) is 0 Å². The summed E-state index contributed by atoms with van der Waals surface area (Å²) in [6.45, 7) is 2.24. The summed E-state index contributed by atoms with van der Waals surface area (Å²) in [5.41, 5.74) is 0.949. The molecule has 2 N–H and O–H groups in total. The summed E-state index contributed by atoms with van der Waals surface area (Å²) in [6.07, 6.45) is 0.463. The number of halogens is 1. The minimum absolute atomic E-state index is 0.210. The molecular formula is C13H15FN2O3. The molecule has 2 amide bonds. The van der Waals surface area contributed by atoms with Crippen molar-refractivity contribution in [2.75, 3.05) is 18.4 Å². The minimum atomic E-state index is -0.882. The highest BCUT2D eigenvalue weighted by Gasteiger charge is 2.30. The zero-order valence-corrected chi connectivity index (χ0v) is 10.5. The Kier molecular flexibility index (Phi) is 3.69. The number of aryl methyl sites for hydroxylation is 1. The molecule has 0 aliphatic carbocycles. The molecule has 0 radical (unpaired) electrons. The second kappa shape index (κ2) is 5.26. The van der Waals surface area contributed by atoms with Crippen LogP contribution in [0.1, 0.15) is 12.0 Å². The fourth-order valence-electron chi connectivity index (χ4n) is 2.07. The largest absolute Gasteiger partial charge is 0.481 e. The van der Waals surface area contributed by atoms with Crippen LogP contribution >= 0.6 is 0 Å². The summed E-state index contributed by atoms with van der Waals surface area (Å²) in [4.78, 5) is 24.2. The van der Waals surface area contributed by atoms with Gasteiger partial charge in [-0.2, -0.15) is 0 Å². The van der Waals surface area contributed by atoms with Crippen molar-refractivity contribution < 1.29 is 19.1 Å². The van der Waals surface area contributed by atoms with E-state index in [1.165, 1.54) is 23.1 Å². The fourth-order valence-corrected chi connectivity index (χ4v) is 2.07. The van der Waals surface area contributed by atoms with Gasteiger partial charge in [-0.25, -0.2) is 9.18 Å². The Morgan fingerprint density at radius 2 is 2.21 bits per heavy atom. The molecule has 19 heavy (non-hydrogen) atoms. The summed E-state index contributed by atoms with van der Waals surface area (Å²) in [7, 11) is 0. The second-order valence-corrected chi connectivity index (χ2v) is 4.66. The van der Waals surface area contributed by atoms with E-state index in [0.717, 1.165) is 0 Å². The highest BCUT2D eigenvalue weighted by Crippen LogP contribution is 2.19. The number of aliphatic carboxylic acids is 1. The topological polar surface area (TPSA) is 69.6 Å². The Labute approximate surface area is 110 Å². The van der Waals surface area contributed by atoms with E-state index in [4.69, 9.17) is 5.11 Å². The maximum absolute atomic E-state index is 13.1. The summed E-state index contributed by atoms with van der Waals surface area (Å²) in [6, 6.07) is 3.95. The molecule has 1 aliphatic rings. The van der Waals surface area contributed by atoms with Crippen LogP contribution in [0.4, 0.5) is 14.9 Å². The van der Waals surface area contributed by atoms with Crippen molar-refractivity contribution in [1.29, 1.82) is 0 Å². The van der Waals surface area contributed by atoms with E-state index in [2.05, 4.69) is 5.32 Å². The molecule has 1 aromatic carbocycles. The van der Waals surface area contributed by atoms with Gasteiger partial charge < -0.3 is 15.3 Å². The van der Waals surface area contributed by atoms with Gasteiger partial charge in [0.15, 0.2) is 0 Å². The van der Waals surface area contributed by atoms with Crippen LogP contribution < -0.4 is 5.32 Å². The van der Waals surface area contributed by atoms with Crippen LogP contribution in [0.15, 0.2) is 18.2 Å². The number of anilines is 1. The maximum Gasteiger partial charge on any atom is 0.321 e. The Morgan fingerprint density at radius 3 is 2.79 bits per heavy atom. The summed E-state index contributed by atoms with van der Waals surface area (Å²) >= 11 is 0. The van der Waals surface area contributed by atoms with Crippen LogP contribution in [0.3, 0.4) is 0 Å². The molecule has 6 heteroatoms. The van der Waals surface area contributed by atoms with Crippen molar-refractivity contribution in [3.8, 4) is 0 Å². The number of hydrogen-bond donors (Lipinski definition) is 2. The SMILES string of the molecule is Cc1cc(NC(=O)N2CCC(C(=O)O)C2)ccc1F. The molecule has 1 fully saturated rings. The quantitative estimate of drug-likeness (QED) is 0.861. The molecule has 0 bridgehead atoms. The number of likely N-dealkylation sites (tertiary alicyclic amines) is 1. The van der Waals surface area contributed by atoms with Gasteiger partial charge in [-0.1, -0.05) is 0 Å². The number of carbonyl (C=O) groups is 2. The van der Waals surface area contributed by atoms with Crippen molar-refractivity contribution in [3.63, 3.8) is 0 Å². The Balaban J connectivity index is 1.98. The highest BCUT2D eigenvalue weighted by atomic mass is 19.1. The molecular weight excluding hydrogens is 251 g/mol. The molecule has 1 heterocycles. The molecule has 1 atom stereocenters. The van der Waals surface area contributed by atoms with Gasteiger partial charge in [-0.15, -0.1) is 0 Å². The van der Waals surface area contributed by atoms with Crippen molar-refractivity contribution in [1.82, 2.24) is 4.90 Å². The molecule has 1 saturated heterocycles. The molecule has 2 rings (SSSR count). The zero-order chi connectivity index (χ0) is 14.0. The van der Waals surface area contributed by atoms with Crippen molar-refractivity contribution in [2.45, 2.75) is 13.3 Å². The smallest absolute Gasteiger partial charge is 0.321 e. The molecule has 5 nitrogen and oxygen atoms in total. The Hall–Kier alpha value is -2.11. The molecule has 0 saturated carbocycles. The lowest BCUT2D eigenvalue weighted by molar-refractivity contribution is -0.141. The van der Waals surface area contributed by atoms with Gasteiger partial charge in [0.2, 0.25) is 0 Å². The lowest BCUT2D eigenvalue weighted by Crippen LogP contribution is -2.33. The third-order valence-electron chi connectivity index (χ3n) is 3.23. The molecule has 0 aromatic heterocycles. The van der Waals surface area contributed by atoms with E-state index in [9.17, 15) is 14.0 Å². The van der Waals surface area contributed by atoms with E-state index in [1.54, 1.807) is 6.92 Å². The molecule has 1 aromatic rings. The van der Waals surface area contributed by atoms with Gasteiger partial charge in [-0.05, 0) is 37.1 Å². The predicted octanol–water partition coefficient (Wildman–Crippen LogP) is 2.07. The second-order valence-electron chi connectivity index (χ2n) is 4.66. The van der Waals surface area contributed by atoms with Crippen molar-refractivity contribution >= 4 is 17.7 Å². The minimum Gasteiger partial charge on any atom is -0.481 e. The lowest BCUT2D eigenvalue weighted by Gasteiger charge is -2.17.